The minimum atomic E-state index is -1.49. The molecule has 15 heavy (non-hydrogen) atoms. The molecule has 0 aliphatic rings. The monoisotopic (exact) mass is 200 g/mol. The average Bonchev–Trinajstić information content (AvgIpc) is 2.30. The van der Waals surface area contributed by atoms with Gasteiger partial charge in [0, 0.05) is 41.4 Å². The van der Waals surface area contributed by atoms with Gasteiger partial charge in [0.2, 0.25) is 0 Å². The van der Waals surface area contributed by atoms with Gasteiger partial charge in [0.1, 0.15) is 0 Å². The lowest BCUT2D eigenvalue weighted by Gasteiger charge is -2.03. The Morgan fingerprint density at radius 1 is 1.00 bits per heavy atom. The van der Waals surface area contributed by atoms with E-state index in [1.807, 2.05) is 12.1 Å². The largest absolute Gasteiger partial charge is 0.490 e. The molecule has 0 saturated carbocycles. The zero-order valence-corrected chi connectivity index (χ0v) is 7.91. The van der Waals surface area contributed by atoms with Gasteiger partial charge in [0.15, 0.2) is 0 Å². The Hall–Kier alpha value is -1.72. The van der Waals surface area contributed by atoms with Crippen molar-refractivity contribution in [1.82, 2.24) is 9.97 Å². The molecule has 0 fully saturated rings. The van der Waals surface area contributed by atoms with Crippen molar-refractivity contribution in [3.63, 3.8) is 0 Å². The third kappa shape index (κ3) is 2.20. The second-order valence-corrected chi connectivity index (χ2v) is 3.12. The Labute approximate surface area is 87.4 Å². The Morgan fingerprint density at radius 2 is 1.80 bits per heavy atom. The number of hydrogen-bond donors (Lipinski definition) is 2. The first-order valence-electron chi connectivity index (χ1n) is 4.49. The highest BCUT2D eigenvalue weighted by Gasteiger charge is 2.11. The van der Waals surface area contributed by atoms with Gasteiger partial charge in [-0.25, -0.2) is 0 Å². The molecule has 74 valence electrons. The molecule has 2 aromatic heterocycles. The van der Waals surface area contributed by atoms with Crippen LogP contribution in [0, 0.1) is 0 Å². The van der Waals surface area contributed by atoms with Gasteiger partial charge in [-0.05, 0) is 6.07 Å². The molecule has 0 saturated heterocycles. The molecule has 2 heterocycles. The molecule has 4 nitrogen and oxygen atoms in total. The summed E-state index contributed by atoms with van der Waals surface area (Å²) < 4.78 is 0. The molecule has 0 atom stereocenters. The molecule has 2 aromatic rings. The molecule has 0 amide bonds. The zero-order valence-electron chi connectivity index (χ0n) is 7.91. The summed E-state index contributed by atoms with van der Waals surface area (Å²) in [5, 5.41) is 18.0. The predicted octanol–water partition coefficient (Wildman–Crippen LogP) is -0.177. The lowest BCUT2D eigenvalue weighted by molar-refractivity contribution is 0.425. The molecule has 0 spiro atoms. The van der Waals surface area contributed by atoms with Crippen molar-refractivity contribution in [1.29, 1.82) is 0 Å². The minimum Gasteiger partial charge on any atom is -0.423 e. The van der Waals surface area contributed by atoms with E-state index < -0.39 is 7.12 Å². The van der Waals surface area contributed by atoms with Crippen LogP contribution in [0.4, 0.5) is 0 Å². The fourth-order valence-corrected chi connectivity index (χ4v) is 1.29. The van der Waals surface area contributed by atoms with Gasteiger partial charge in [-0.2, -0.15) is 0 Å². The minimum absolute atomic E-state index is 0.372. The maximum Gasteiger partial charge on any atom is 0.490 e. The molecule has 0 aromatic carbocycles. The smallest absolute Gasteiger partial charge is 0.423 e. The third-order valence-electron chi connectivity index (χ3n) is 2.05. The topological polar surface area (TPSA) is 66.2 Å². The lowest BCUT2D eigenvalue weighted by Crippen LogP contribution is -2.30. The fourth-order valence-electron chi connectivity index (χ4n) is 1.29. The van der Waals surface area contributed by atoms with Crippen LogP contribution in [0.5, 0.6) is 0 Å². The first kappa shape index (κ1) is 9.83. The molecule has 0 aliphatic heterocycles. The number of rotatable bonds is 2. The fraction of sp³-hybridized carbons (Fsp3) is 0. The van der Waals surface area contributed by atoms with Crippen LogP contribution in [-0.4, -0.2) is 27.1 Å². The molecule has 2 rings (SSSR count). The maximum atomic E-state index is 8.99. The Kier molecular flexibility index (Phi) is 2.76. The Morgan fingerprint density at radius 3 is 2.47 bits per heavy atom. The molecule has 0 unspecified atom stereocenters. The molecule has 0 aliphatic carbocycles. The van der Waals surface area contributed by atoms with Crippen LogP contribution in [0.25, 0.3) is 11.1 Å². The van der Waals surface area contributed by atoms with Crippen LogP contribution in [0.1, 0.15) is 0 Å². The molecule has 2 N–H and O–H groups in total. The van der Waals surface area contributed by atoms with Gasteiger partial charge in [0.05, 0.1) is 0 Å². The molecule has 0 bridgehead atoms. The average molecular weight is 200 g/mol. The summed E-state index contributed by atoms with van der Waals surface area (Å²) >= 11 is 0. The predicted molar refractivity (Wildman–Crippen MR) is 57.3 cm³/mol. The summed E-state index contributed by atoms with van der Waals surface area (Å²) in [6.07, 6.45) is 6.46. The van der Waals surface area contributed by atoms with Crippen LogP contribution in [0.3, 0.4) is 0 Å². The highest BCUT2D eigenvalue weighted by molar-refractivity contribution is 6.58. The van der Waals surface area contributed by atoms with Crippen molar-refractivity contribution >= 4 is 12.6 Å². The van der Waals surface area contributed by atoms with Crippen molar-refractivity contribution in [3.8, 4) is 11.1 Å². The van der Waals surface area contributed by atoms with E-state index in [0.29, 0.717) is 5.46 Å². The van der Waals surface area contributed by atoms with E-state index in [1.54, 1.807) is 24.7 Å². The highest BCUT2D eigenvalue weighted by Crippen LogP contribution is 2.14. The maximum absolute atomic E-state index is 8.99. The van der Waals surface area contributed by atoms with Crippen molar-refractivity contribution in [3.05, 3.63) is 43.0 Å². The quantitative estimate of drug-likeness (QED) is 0.660. The van der Waals surface area contributed by atoms with Crippen molar-refractivity contribution < 1.29 is 10.0 Å². The van der Waals surface area contributed by atoms with Gasteiger partial charge in [-0.3, -0.25) is 9.97 Å². The summed E-state index contributed by atoms with van der Waals surface area (Å²) in [5.74, 6) is 0. The van der Waals surface area contributed by atoms with E-state index in [4.69, 9.17) is 10.0 Å². The van der Waals surface area contributed by atoms with Gasteiger partial charge in [-0.15, -0.1) is 0 Å². The Balaban J connectivity index is 2.42. The molecular formula is C10H9BN2O2. The molecule has 0 radical (unpaired) electrons. The van der Waals surface area contributed by atoms with Gasteiger partial charge in [0.25, 0.3) is 0 Å². The van der Waals surface area contributed by atoms with Crippen molar-refractivity contribution in [2.45, 2.75) is 0 Å². The number of aromatic nitrogens is 2. The van der Waals surface area contributed by atoms with Crippen molar-refractivity contribution in [2.75, 3.05) is 0 Å². The van der Waals surface area contributed by atoms with Crippen molar-refractivity contribution in [2.24, 2.45) is 0 Å². The second kappa shape index (κ2) is 4.21. The third-order valence-corrected chi connectivity index (χ3v) is 2.05. The second-order valence-electron chi connectivity index (χ2n) is 3.12. The first-order valence-corrected chi connectivity index (χ1v) is 4.49. The number of hydrogen-bond acceptors (Lipinski definition) is 4. The van der Waals surface area contributed by atoms with E-state index in [1.165, 1.54) is 6.20 Å². The standard InChI is InChI=1S/C10H9BN2O2/c14-11(15)10-4-9(6-13-7-10)8-2-1-3-12-5-8/h1-7,14-15H. The highest BCUT2D eigenvalue weighted by atomic mass is 16.4. The normalized spacial score (nSPS) is 10.0. The van der Waals surface area contributed by atoms with E-state index in [2.05, 4.69) is 9.97 Å². The van der Waals surface area contributed by atoms with Crippen LogP contribution in [0.15, 0.2) is 43.0 Å². The van der Waals surface area contributed by atoms with E-state index >= 15 is 0 Å². The lowest BCUT2D eigenvalue weighted by atomic mass is 9.81. The summed E-state index contributed by atoms with van der Waals surface area (Å²) in [7, 11) is -1.49. The van der Waals surface area contributed by atoms with Gasteiger partial charge >= 0.3 is 7.12 Å². The number of nitrogens with zero attached hydrogens (tertiary/aromatic N) is 2. The van der Waals surface area contributed by atoms with Crippen LogP contribution in [0.2, 0.25) is 0 Å². The van der Waals surface area contributed by atoms with Gasteiger partial charge < -0.3 is 10.0 Å². The van der Waals surface area contributed by atoms with Crippen LogP contribution in [-0.2, 0) is 0 Å². The first-order chi connectivity index (χ1) is 7.27. The number of pyridine rings is 2. The SMILES string of the molecule is OB(O)c1cncc(-c2cccnc2)c1. The summed E-state index contributed by atoms with van der Waals surface area (Å²) in [6.45, 7) is 0. The zero-order chi connectivity index (χ0) is 10.7. The van der Waals surface area contributed by atoms with Gasteiger partial charge in [-0.1, -0.05) is 12.1 Å². The van der Waals surface area contributed by atoms with E-state index in [9.17, 15) is 0 Å². The Bertz CT molecular complexity index is 448. The molecule has 5 heteroatoms. The molecular weight excluding hydrogens is 191 g/mol. The summed E-state index contributed by atoms with van der Waals surface area (Å²) in [5.41, 5.74) is 2.08. The van der Waals surface area contributed by atoms with Crippen LogP contribution >= 0.6 is 0 Å². The van der Waals surface area contributed by atoms with E-state index in [0.717, 1.165) is 11.1 Å². The van der Waals surface area contributed by atoms with Crippen LogP contribution < -0.4 is 5.46 Å². The summed E-state index contributed by atoms with van der Waals surface area (Å²) in [6, 6.07) is 5.38. The summed E-state index contributed by atoms with van der Waals surface area (Å²) in [4.78, 5) is 7.92. The van der Waals surface area contributed by atoms with E-state index in [-0.39, 0.29) is 0 Å².